The molecule has 1 rings (SSSR count). The molecule has 0 unspecified atom stereocenters. The Bertz CT molecular complexity index is 585. The predicted molar refractivity (Wildman–Crippen MR) is 131 cm³/mol. The number of hydrogen-bond donors (Lipinski definition) is 0. The highest BCUT2D eigenvalue weighted by Crippen LogP contribution is 2.40. The number of likely N-dealkylation sites (tertiary alicyclic amines) is 1. The van der Waals surface area contributed by atoms with E-state index in [1.807, 2.05) is 25.7 Å². The lowest BCUT2D eigenvalue weighted by Gasteiger charge is -2.47. The van der Waals surface area contributed by atoms with Crippen LogP contribution in [0.2, 0.25) is 36.3 Å². The lowest BCUT2D eigenvalue weighted by molar-refractivity contribution is -0.0317. The Morgan fingerprint density at radius 2 is 1.40 bits per heavy atom. The van der Waals surface area contributed by atoms with Crippen LogP contribution in [0.5, 0.6) is 0 Å². The van der Waals surface area contributed by atoms with Gasteiger partial charge in [0, 0.05) is 6.54 Å². The van der Waals surface area contributed by atoms with Gasteiger partial charge in [-0.1, -0.05) is 41.5 Å². The van der Waals surface area contributed by atoms with Crippen LogP contribution < -0.4 is 0 Å². The van der Waals surface area contributed by atoms with Crippen molar-refractivity contribution < 1.29 is 18.4 Å². The molecule has 0 saturated carbocycles. The van der Waals surface area contributed by atoms with E-state index in [1.165, 1.54) is 0 Å². The van der Waals surface area contributed by atoms with Crippen LogP contribution in [0.3, 0.4) is 0 Å². The van der Waals surface area contributed by atoms with Gasteiger partial charge >= 0.3 is 6.09 Å². The van der Waals surface area contributed by atoms with Crippen molar-refractivity contribution in [2.75, 3.05) is 13.2 Å². The Morgan fingerprint density at radius 1 is 0.900 bits per heavy atom. The van der Waals surface area contributed by atoms with Gasteiger partial charge in [-0.25, -0.2) is 4.79 Å². The number of carbonyl (C=O) groups is 1. The van der Waals surface area contributed by atoms with Crippen molar-refractivity contribution in [3.63, 3.8) is 0 Å². The number of amides is 1. The molecule has 0 bridgehead atoms. The highest BCUT2D eigenvalue weighted by molar-refractivity contribution is 6.74. The maximum Gasteiger partial charge on any atom is 0.410 e. The maximum absolute atomic E-state index is 13.1. The number of carbonyl (C=O) groups excluding carboxylic acids is 1. The summed E-state index contributed by atoms with van der Waals surface area (Å²) in [7, 11) is -3.93. The molecule has 0 aromatic rings. The zero-order valence-corrected chi connectivity index (χ0v) is 24.1. The molecule has 0 spiro atoms. The first-order chi connectivity index (χ1) is 13.2. The maximum atomic E-state index is 13.1. The molecule has 1 heterocycles. The molecule has 0 N–H and O–H groups in total. The molecule has 0 radical (unpaired) electrons. The largest absolute Gasteiger partial charge is 0.444 e. The summed E-state index contributed by atoms with van der Waals surface area (Å²) >= 11 is 0. The molecule has 178 valence electrons. The molecular weight excluding hydrogens is 410 g/mol. The summed E-state index contributed by atoms with van der Waals surface area (Å²) in [5, 5.41) is 0.236. The van der Waals surface area contributed by atoms with Gasteiger partial charge in [0.15, 0.2) is 16.6 Å². The molecule has 1 aliphatic rings. The number of piperidine rings is 1. The van der Waals surface area contributed by atoms with E-state index < -0.39 is 22.2 Å². The first-order valence-corrected chi connectivity index (χ1v) is 17.3. The summed E-state index contributed by atoms with van der Waals surface area (Å²) in [4.78, 5) is 14.9. The van der Waals surface area contributed by atoms with Gasteiger partial charge in [0.1, 0.15) is 5.60 Å². The fourth-order valence-corrected chi connectivity index (χ4v) is 5.37. The van der Waals surface area contributed by atoms with Crippen LogP contribution in [0.15, 0.2) is 0 Å². The van der Waals surface area contributed by atoms with Crippen molar-refractivity contribution in [2.24, 2.45) is 0 Å². The Morgan fingerprint density at radius 3 is 1.83 bits per heavy atom. The van der Waals surface area contributed by atoms with Crippen molar-refractivity contribution >= 4 is 22.7 Å². The fourth-order valence-electron chi connectivity index (χ4n) is 2.97. The van der Waals surface area contributed by atoms with Gasteiger partial charge in [-0.3, -0.25) is 0 Å². The van der Waals surface area contributed by atoms with E-state index in [9.17, 15) is 4.79 Å². The van der Waals surface area contributed by atoms with Crippen molar-refractivity contribution in [3.8, 4) is 0 Å². The second-order valence-corrected chi connectivity index (χ2v) is 22.4. The summed E-state index contributed by atoms with van der Waals surface area (Å²) in [6, 6.07) is -0.114. The van der Waals surface area contributed by atoms with E-state index >= 15 is 0 Å². The van der Waals surface area contributed by atoms with Crippen molar-refractivity contribution in [3.05, 3.63) is 0 Å². The molecule has 1 saturated heterocycles. The zero-order chi connectivity index (χ0) is 23.8. The minimum atomic E-state index is -1.98. The van der Waals surface area contributed by atoms with Crippen molar-refractivity contribution in [1.29, 1.82) is 0 Å². The smallest absolute Gasteiger partial charge is 0.410 e. The number of hydrogen-bond acceptors (Lipinski definition) is 4. The number of ether oxygens (including phenoxy) is 1. The van der Waals surface area contributed by atoms with E-state index in [2.05, 4.69) is 67.7 Å². The first-order valence-electron chi connectivity index (χ1n) is 11.5. The van der Waals surface area contributed by atoms with E-state index in [1.54, 1.807) is 0 Å². The molecular formula is C23H49NO4Si2. The topological polar surface area (TPSA) is 48.0 Å². The minimum absolute atomic E-state index is 0.0167. The lowest BCUT2D eigenvalue weighted by Crippen LogP contribution is -2.59. The normalized spacial score (nSPS) is 22.2. The average Bonchev–Trinajstić information content (AvgIpc) is 2.49. The summed E-state index contributed by atoms with van der Waals surface area (Å²) in [5.41, 5.74) is -0.519. The van der Waals surface area contributed by atoms with Crippen LogP contribution in [0.4, 0.5) is 4.79 Å². The second kappa shape index (κ2) is 9.24. The molecule has 0 aromatic carbocycles. The Hall–Kier alpha value is -0.376. The Labute approximate surface area is 188 Å². The third kappa shape index (κ3) is 7.35. The third-order valence-electron chi connectivity index (χ3n) is 7.02. The summed E-state index contributed by atoms with van der Waals surface area (Å²) in [6.07, 6.45) is 1.61. The molecule has 0 aromatic heterocycles. The average molecular weight is 460 g/mol. The number of nitrogens with zero attached hydrogens (tertiary/aromatic N) is 1. The van der Waals surface area contributed by atoms with Crippen LogP contribution in [0.25, 0.3) is 0 Å². The molecule has 1 aliphatic heterocycles. The van der Waals surface area contributed by atoms with Gasteiger partial charge in [-0.2, -0.15) is 0 Å². The summed E-state index contributed by atoms with van der Waals surface area (Å²) in [6.45, 7) is 29.6. The summed E-state index contributed by atoms with van der Waals surface area (Å²) in [5.74, 6) is 0. The first kappa shape index (κ1) is 27.7. The van der Waals surface area contributed by atoms with Gasteiger partial charge in [0.05, 0.1) is 18.8 Å². The highest BCUT2D eigenvalue weighted by Gasteiger charge is 2.46. The third-order valence-corrected chi connectivity index (χ3v) is 16.0. The van der Waals surface area contributed by atoms with Crippen LogP contribution >= 0.6 is 0 Å². The summed E-state index contributed by atoms with van der Waals surface area (Å²) < 4.78 is 19.2. The van der Waals surface area contributed by atoms with Crippen molar-refractivity contribution in [1.82, 2.24) is 4.90 Å². The van der Waals surface area contributed by atoms with E-state index in [0.717, 1.165) is 12.8 Å². The van der Waals surface area contributed by atoms with Crippen LogP contribution in [0, 0.1) is 0 Å². The van der Waals surface area contributed by atoms with Gasteiger partial charge < -0.3 is 18.5 Å². The van der Waals surface area contributed by atoms with E-state index in [4.69, 9.17) is 13.6 Å². The quantitative estimate of drug-likeness (QED) is 0.424. The van der Waals surface area contributed by atoms with Gasteiger partial charge in [-0.05, 0) is 69.9 Å². The van der Waals surface area contributed by atoms with Crippen LogP contribution in [-0.2, 0) is 13.6 Å². The van der Waals surface area contributed by atoms with Gasteiger partial charge in [0.25, 0.3) is 0 Å². The monoisotopic (exact) mass is 459 g/mol. The second-order valence-electron chi connectivity index (χ2n) is 12.9. The lowest BCUT2D eigenvalue weighted by atomic mass is 10.00. The number of rotatable bonds is 5. The molecule has 1 fully saturated rings. The van der Waals surface area contributed by atoms with Crippen molar-refractivity contribution in [2.45, 2.75) is 129 Å². The Balaban J connectivity index is 3.17. The van der Waals surface area contributed by atoms with E-state index in [0.29, 0.717) is 13.2 Å². The highest BCUT2D eigenvalue weighted by atomic mass is 28.4. The Kier molecular flexibility index (Phi) is 8.52. The van der Waals surface area contributed by atoms with Gasteiger partial charge in [-0.15, -0.1) is 0 Å². The molecule has 0 aliphatic carbocycles. The van der Waals surface area contributed by atoms with Crippen LogP contribution in [-0.4, -0.2) is 58.5 Å². The molecule has 2 atom stereocenters. The molecule has 7 heteroatoms. The predicted octanol–water partition coefficient (Wildman–Crippen LogP) is 6.80. The van der Waals surface area contributed by atoms with E-state index in [-0.39, 0.29) is 28.3 Å². The SMILES string of the molecule is CC(C)(C)OC(=O)N1CCC[C@H](O[Si](C)(C)C(C)(C)C)[C@H]1CO[Si](C)(C)C(C)(C)C. The molecule has 5 nitrogen and oxygen atoms in total. The van der Waals surface area contributed by atoms with Gasteiger partial charge in [0.2, 0.25) is 0 Å². The molecule has 1 amide bonds. The molecule has 30 heavy (non-hydrogen) atoms. The van der Waals surface area contributed by atoms with Crippen LogP contribution in [0.1, 0.15) is 75.2 Å². The fraction of sp³-hybridized carbons (Fsp3) is 0.957. The standard InChI is InChI=1S/C23H49NO4Si2/c1-21(2,3)27-20(25)24-16-14-15-19(28-30(12,13)23(7,8)9)18(24)17-26-29(10,11)22(4,5)6/h18-19H,14-17H2,1-13H3/t18-,19+/m1/s1. The zero-order valence-electron chi connectivity index (χ0n) is 22.1. The minimum Gasteiger partial charge on any atom is -0.444 e.